The molecule has 2 heterocycles. The first-order valence-electron chi connectivity index (χ1n) is 10.8. The van der Waals surface area contributed by atoms with E-state index >= 15 is 0 Å². The Bertz CT molecular complexity index is 456. The highest BCUT2D eigenvalue weighted by Gasteiger charge is 2.49. The number of alkyl halides is 2. The molecule has 0 radical (unpaired) electrons. The Balaban J connectivity index is 0.000000596. The van der Waals surface area contributed by atoms with E-state index in [1.807, 2.05) is 9.80 Å². The number of nitrogens with zero attached hydrogens (tertiary/aromatic N) is 3. The van der Waals surface area contributed by atoms with Crippen molar-refractivity contribution in [1.29, 1.82) is 0 Å². The maximum atomic E-state index is 14.8. The van der Waals surface area contributed by atoms with E-state index in [4.69, 9.17) is 0 Å². The van der Waals surface area contributed by atoms with Crippen LogP contribution in [0.1, 0.15) is 66.2 Å². The molecule has 158 valence electrons. The van der Waals surface area contributed by atoms with Gasteiger partial charge in [-0.25, -0.2) is 8.78 Å². The van der Waals surface area contributed by atoms with Crippen LogP contribution in [-0.4, -0.2) is 77.9 Å². The molecule has 1 saturated carbocycles. The number of carbonyl (C=O) groups excluding carboxylic acids is 1. The summed E-state index contributed by atoms with van der Waals surface area (Å²) in [4.78, 5) is 17.1. The molecule has 27 heavy (non-hydrogen) atoms. The Morgan fingerprint density at radius 1 is 0.889 bits per heavy atom. The minimum Gasteiger partial charge on any atom is -0.340 e. The average molecular weight is 388 g/mol. The average Bonchev–Trinajstić information content (AvgIpc) is 2.61. The third-order valence-electron chi connectivity index (χ3n) is 5.88. The van der Waals surface area contributed by atoms with Crippen LogP contribution in [-0.2, 0) is 4.79 Å². The van der Waals surface area contributed by atoms with Crippen LogP contribution in [0.15, 0.2) is 0 Å². The molecule has 6 heteroatoms. The summed E-state index contributed by atoms with van der Waals surface area (Å²) in [7, 11) is 0. The maximum Gasteiger partial charge on any atom is 0.275 e. The largest absolute Gasteiger partial charge is 0.340 e. The van der Waals surface area contributed by atoms with E-state index in [1.54, 1.807) is 11.8 Å². The molecule has 0 N–H and O–H groups in total. The highest BCUT2D eigenvalue weighted by Crippen LogP contribution is 2.35. The molecule has 1 unspecified atom stereocenters. The van der Waals surface area contributed by atoms with Crippen LogP contribution in [0.4, 0.5) is 8.78 Å². The second-order valence-corrected chi connectivity index (χ2v) is 9.10. The maximum absolute atomic E-state index is 14.8. The number of rotatable bonds is 2. The van der Waals surface area contributed by atoms with Crippen molar-refractivity contribution in [2.75, 3.05) is 39.3 Å². The quantitative estimate of drug-likeness (QED) is 0.720. The van der Waals surface area contributed by atoms with Crippen molar-refractivity contribution in [1.82, 2.24) is 14.7 Å². The highest BCUT2D eigenvalue weighted by molar-refractivity contribution is 5.73. The van der Waals surface area contributed by atoms with Crippen LogP contribution >= 0.6 is 0 Å². The van der Waals surface area contributed by atoms with Crippen LogP contribution in [0.5, 0.6) is 0 Å². The third kappa shape index (κ3) is 6.67. The number of likely N-dealkylation sites (tertiary alicyclic amines) is 1. The standard InChI is InChI=1S/C17H29F2N3O.C4H10/c1-14(23)20-9-11-21(12-10-20)16-7-8-22(13-17(16,18)19)15-5-3-2-4-6-15;1-4(2)3/h15-16H,2-13H2,1H3;4H,1-3H3. The summed E-state index contributed by atoms with van der Waals surface area (Å²) in [5.41, 5.74) is 0. The molecule has 0 aromatic rings. The minimum absolute atomic E-state index is 0.0449. The Labute approximate surface area is 164 Å². The van der Waals surface area contributed by atoms with Crippen molar-refractivity contribution in [3.63, 3.8) is 0 Å². The fourth-order valence-corrected chi connectivity index (χ4v) is 4.51. The fraction of sp³-hybridized carbons (Fsp3) is 0.952. The first kappa shape index (κ1) is 22.5. The van der Waals surface area contributed by atoms with E-state index < -0.39 is 12.0 Å². The number of piperazine rings is 1. The molecule has 3 rings (SSSR count). The van der Waals surface area contributed by atoms with Crippen molar-refractivity contribution >= 4 is 5.91 Å². The van der Waals surface area contributed by atoms with Crippen molar-refractivity contribution in [2.24, 2.45) is 5.92 Å². The van der Waals surface area contributed by atoms with Gasteiger partial charge < -0.3 is 4.90 Å². The Kier molecular flexibility index (Phi) is 8.47. The second kappa shape index (κ2) is 10.1. The van der Waals surface area contributed by atoms with Crippen LogP contribution in [0.2, 0.25) is 0 Å². The summed E-state index contributed by atoms with van der Waals surface area (Å²) >= 11 is 0. The van der Waals surface area contributed by atoms with Gasteiger partial charge in [0.15, 0.2) is 0 Å². The Morgan fingerprint density at radius 3 is 1.93 bits per heavy atom. The lowest BCUT2D eigenvalue weighted by molar-refractivity contribution is -0.147. The first-order chi connectivity index (χ1) is 12.7. The number of carbonyl (C=O) groups is 1. The predicted octanol–water partition coefficient (Wildman–Crippen LogP) is 3.86. The minimum atomic E-state index is -2.64. The topological polar surface area (TPSA) is 26.8 Å². The van der Waals surface area contributed by atoms with Crippen molar-refractivity contribution < 1.29 is 13.6 Å². The Hall–Kier alpha value is -0.750. The van der Waals surface area contributed by atoms with Crippen molar-refractivity contribution in [3.8, 4) is 0 Å². The van der Waals surface area contributed by atoms with Gasteiger partial charge in [-0.1, -0.05) is 40.0 Å². The summed E-state index contributed by atoms with van der Waals surface area (Å²) in [5.74, 6) is -1.77. The van der Waals surface area contributed by atoms with Crippen LogP contribution in [0.3, 0.4) is 0 Å². The molecule has 1 atom stereocenters. The summed E-state index contributed by atoms with van der Waals surface area (Å²) in [6.07, 6.45) is 6.33. The number of hydrogen-bond donors (Lipinski definition) is 0. The smallest absolute Gasteiger partial charge is 0.275 e. The normalized spacial score (nSPS) is 28.0. The number of hydrogen-bond acceptors (Lipinski definition) is 3. The third-order valence-corrected chi connectivity index (χ3v) is 5.88. The van der Waals surface area contributed by atoms with Gasteiger partial charge in [-0.05, 0) is 25.2 Å². The van der Waals surface area contributed by atoms with E-state index in [9.17, 15) is 13.6 Å². The molecule has 3 fully saturated rings. The van der Waals surface area contributed by atoms with E-state index in [-0.39, 0.29) is 12.5 Å². The van der Waals surface area contributed by atoms with Gasteiger partial charge in [0.2, 0.25) is 5.91 Å². The van der Waals surface area contributed by atoms with Gasteiger partial charge in [0, 0.05) is 45.7 Å². The van der Waals surface area contributed by atoms with Gasteiger partial charge >= 0.3 is 0 Å². The van der Waals surface area contributed by atoms with Crippen LogP contribution in [0.25, 0.3) is 0 Å². The SMILES string of the molecule is CC(=O)N1CCN(C2CCN(C3CCCCC3)CC2(F)F)CC1.CC(C)C. The zero-order chi connectivity index (χ0) is 20.0. The zero-order valence-corrected chi connectivity index (χ0v) is 17.7. The zero-order valence-electron chi connectivity index (χ0n) is 17.7. The summed E-state index contributed by atoms with van der Waals surface area (Å²) in [6.45, 7) is 11.1. The predicted molar refractivity (Wildman–Crippen MR) is 106 cm³/mol. The van der Waals surface area contributed by atoms with Crippen molar-refractivity contribution in [3.05, 3.63) is 0 Å². The van der Waals surface area contributed by atoms with Gasteiger partial charge in [0.1, 0.15) is 0 Å². The van der Waals surface area contributed by atoms with Gasteiger partial charge in [0.05, 0.1) is 12.6 Å². The summed E-state index contributed by atoms with van der Waals surface area (Å²) in [6, 6.07) is -0.290. The molecule has 0 spiro atoms. The molecular weight excluding hydrogens is 348 g/mol. The molecule has 0 aromatic carbocycles. The molecule has 3 aliphatic rings. The van der Waals surface area contributed by atoms with Crippen molar-refractivity contribution in [2.45, 2.75) is 84.2 Å². The van der Waals surface area contributed by atoms with Crippen LogP contribution in [0, 0.1) is 5.92 Å². The molecule has 0 bridgehead atoms. The van der Waals surface area contributed by atoms with Gasteiger partial charge in [-0.15, -0.1) is 0 Å². The summed E-state index contributed by atoms with van der Waals surface area (Å²) in [5, 5.41) is 0. The van der Waals surface area contributed by atoms with E-state index in [0.717, 1.165) is 25.3 Å². The molecular formula is C21H39F2N3O. The van der Waals surface area contributed by atoms with Crippen LogP contribution < -0.4 is 0 Å². The Morgan fingerprint density at radius 2 is 1.44 bits per heavy atom. The number of amides is 1. The molecule has 2 saturated heterocycles. The lowest BCUT2D eigenvalue weighted by Crippen LogP contribution is -2.63. The summed E-state index contributed by atoms with van der Waals surface area (Å²) < 4.78 is 29.5. The van der Waals surface area contributed by atoms with E-state index in [2.05, 4.69) is 20.8 Å². The first-order valence-corrected chi connectivity index (χ1v) is 10.8. The van der Waals surface area contributed by atoms with E-state index in [1.165, 1.54) is 19.3 Å². The molecule has 1 aliphatic carbocycles. The second-order valence-electron chi connectivity index (χ2n) is 9.10. The molecule has 1 amide bonds. The molecule has 0 aromatic heterocycles. The fourth-order valence-electron chi connectivity index (χ4n) is 4.51. The lowest BCUT2D eigenvalue weighted by atomic mass is 9.90. The van der Waals surface area contributed by atoms with Gasteiger partial charge in [0.25, 0.3) is 5.92 Å². The monoisotopic (exact) mass is 387 g/mol. The van der Waals surface area contributed by atoms with Gasteiger partial charge in [-0.3, -0.25) is 14.6 Å². The van der Waals surface area contributed by atoms with Gasteiger partial charge in [-0.2, -0.15) is 0 Å². The van der Waals surface area contributed by atoms with E-state index in [0.29, 0.717) is 38.6 Å². The highest BCUT2D eigenvalue weighted by atomic mass is 19.3. The lowest BCUT2D eigenvalue weighted by Gasteiger charge is -2.48. The number of halogens is 2. The number of piperidine rings is 1. The molecule has 4 nitrogen and oxygen atoms in total. The molecule has 2 aliphatic heterocycles.